The van der Waals surface area contributed by atoms with E-state index in [9.17, 15) is 24.3 Å². The van der Waals surface area contributed by atoms with E-state index in [0.29, 0.717) is 5.56 Å². The van der Waals surface area contributed by atoms with E-state index >= 15 is 0 Å². The number of hydrogen-bond donors (Lipinski definition) is 4. The molecule has 9 nitrogen and oxygen atoms in total. The zero-order valence-electron chi connectivity index (χ0n) is 16.0. The van der Waals surface area contributed by atoms with Crippen LogP contribution < -0.4 is 20.7 Å². The summed E-state index contributed by atoms with van der Waals surface area (Å²) in [5.41, 5.74) is 0.673. The Hall–Kier alpha value is -3.88. The smallest absolute Gasteiger partial charge is 0.326 e. The van der Waals surface area contributed by atoms with E-state index in [1.165, 1.54) is 6.07 Å². The summed E-state index contributed by atoms with van der Waals surface area (Å²) in [6.45, 7) is 0.222. The molecule has 0 aromatic heterocycles. The minimum Gasteiger partial charge on any atom is -0.491 e. The molecule has 1 aliphatic rings. The highest BCUT2D eigenvalue weighted by molar-refractivity contribution is 6.00. The van der Waals surface area contributed by atoms with Crippen LogP contribution in [0, 0.1) is 0 Å². The number of nitrogens with one attached hydrogen (secondary N) is 3. The summed E-state index contributed by atoms with van der Waals surface area (Å²) in [5.74, 6) is -2.95. The quantitative estimate of drug-likeness (QED) is 0.573. The first-order chi connectivity index (χ1) is 14.5. The van der Waals surface area contributed by atoms with Gasteiger partial charge in [-0.25, -0.2) is 4.79 Å². The van der Waals surface area contributed by atoms with E-state index in [1.54, 1.807) is 48.5 Å². The van der Waals surface area contributed by atoms with E-state index in [-0.39, 0.29) is 24.5 Å². The summed E-state index contributed by atoms with van der Waals surface area (Å²) >= 11 is 0. The number of para-hydroxylation sites is 1. The molecule has 0 spiro atoms. The molecule has 3 amide bonds. The van der Waals surface area contributed by atoms with Crippen LogP contribution in [0.3, 0.4) is 0 Å². The fraction of sp³-hybridized carbons (Fsp3) is 0.238. The molecule has 2 atom stereocenters. The second-order valence-electron chi connectivity index (χ2n) is 6.62. The van der Waals surface area contributed by atoms with Crippen molar-refractivity contribution >= 4 is 23.7 Å². The third-order valence-corrected chi connectivity index (χ3v) is 4.48. The third kappa shape index (κ3) is 5.13. The molecule has 3 rings (SSSR count). The van der Waals surface area contributed by atoms with E-state index in [0.717, 1.165) is 0 Å². The highest BCUT2D eigenvalue weighted by atomic mass is 16.5. The summed E-state index contributed by atoms with van der Waals surface area (Å²) in [4.78, 5) is 49.4. The molecule has 2 aromatic carbocycles. The molecule has 156 valence electrons. The van der Waals surface area contributed by atoms with E-state index < -0.39 is 42.2 Å². The first-order valence-electron chi connectivity index (χ1n) is 9.33. The van der Waals surface area contributed by atoms with Crippen LogP contribution in [0.2, 0.25) is 0 Å². The normalized spacial score (nSPS) is 20.5. The molecule has 0 saturated carbocycles. The Morgan fingerprint density at radius 2 is 1.67 bits per heavy atom. The second-order valence-corrected chi connectivity index (χ2v) is 6.62. The zero-order valence-corrected chi connectivity index (χ0v) is 16.0. The number of fused-ring (bicyclic) bond motifs is 1. The molecule has 2 aromatic rings. The van der Waals surface area contributed by atoms with Crippen molar-refractivity contribution in [3.63, 3.8) is 0 Å². The van der Waals surface area contributed by atoms with Crippen molar-refractivity contribution in [1.82, 2.24) is 16.0 Å². The van der Waals surface area contributed by atoms with Crippen molar-refractivity contribution in [3.05, 3.63) is 65.7 Å². The molecule has 1 aliphatic heterocycles. The first-order valence-corrected chi connectivity index (χ1v) is 9.33. The van der Waals surface area contributed by atoms with Gasteiger partial charge in [-0.1, -0.05) is 42.5 Å². The van der Waals surface area contributed by atoms with Crippen molar-refractivity contribution in [2.45, 2.75) is 18.5 Å². The lowest BCUT2D eigenvalue weighted by atomic mass is 10.1. The minimum absolute atomic E-state index is 0.0772. The highest BCUT2D eigenvalue weighted by Crippen LogP contribution is 2.19. The lowest BCUT2D eigenvalue weighted by Crippen LogP contribution is -2.47. The van der Waals surface area contributed by atoms with Crippen LogP contribution in [0.1, 0.15) is 28.4 Å². The average molecular weight is 411 g/mol. The number of carboxylic acid groups (broad SMARTS) is 1. The molecule has 0 saturated heterocycles. The van der Waals surface area contributed by atoms with Gasteiger partial charge in [0.2, 0.25) is 11.8 Å². The maximum atomic E-state index is 12.7. The molecular weight excluding hydrogens is 390 g/mol. The Morgan fingerprint density at radius 1 is 0.967 bits per heavy atom. The SMILES string of the molecule is O=C1C[C@@H](C(=O)O)NC(=O)c2ccccc2OCCNC(=O)[C@H](c2ccccc2)N1. The van der Waals surface area contributed by atoms with Crippen molar-refractivity contribution in [2.24, 2.45) is 0 Å². The van der Waals surface area contributed by atoms with Crippen molar-refractivity contribution < 1.29 is 29.0 Å². The first kappa shape index (κ1) is 20.8. The summed E-state index contributed by atoms with van der Waals surface area (Å²) < 4.78 is 5.60. The summed E-state index contributed by atoms with van der Waals surface area (Å²) in [5, 5.41) is 17.0. The molecule has 4 N–H and O–H groups in total. The van der Waals surface area contributed by atoms with Gasteiger partial charge < -0.3 is 25.8 Å². The Balaban J connectivity index is 1.90. The van der Waals surface area contributed by atoms with Crippen molar-refractivity contribution in [3.8, 4) is 5.75 Å². The van der Waals surface area contributed by atoms with Gasteiger partial charge in [-0.05, 0) is 17.7 Å². The molecule has 1 heterocycles. The second kappa shape index (κ2) is 9.55. The van der Waals surface area contributed by atoms with Gasteiger partial charge in [0.25, 0.3) is 5.91 Å². The molecule has 0 unspecified atom stereocenters. The topological polar surface area (TPSA) is 134 Å². The van der Waals surface area contributed by atoms with Gasteiger partial charge in [-0.3, -0.25) is 14.4 Å². The molecule has 0 bridgehead atoms. The molecule has 30 heavy (non-hydrogen) atoms. The molecule has 9 heteroatoms. The van der Waals surface area contributed by atoms with E-state index in [4.69, 9.17) is 4.74 Å². The van der Waals surface area contributed by atoms with Gasteiger partial charge in [-0.15, -0.1) is 0 Å². The van der Waals surface area contributed by atoms with Crippen LogP contribution in [0.4, 0.5) is 0 Å². The van der Waals surface area contributed by atoms with Crippen LogP contribution in [-0.4, -0.2) is 48.0 Å². The average Bonchev–Trinajstić information content (AvgIpc) is 2.74. The van der Waals surface area contributed by atoms with Gasteiger partial charge in [0.15, 0.2) is 0 Å². The number of aliphatic carboxylic acids is 1. The zero-order chi connectivity index (χ0) is 21.5. The van der Waals surface area contributed by atoms with Gasteiger partial charge in [-0.2, -0.15) is 0 Å². The largest absolute Gasteiger partial charge is 0.491 e. The van der Waals surface area contributed by atoms with Gasteiger partial charge >= 0.3 is 5.97 Å². The van der Waals surface area contributed by atoms with Crippen LogP contribution >= 0.6 is 0 Å². The van der Waals surface area contributed by atoms with Gasteiger partial charge in [0, 0.05) is 0 Å². The fourth-order valence-electron chi connectivity index (χ4n) is 3.00. The predicted octanol–water partition coefficient (Wildman–Crippen LogP) is 0.626. The standard InChI is InChI=1S/C21H21N3O6/c25-17-12-15(21(28)29)23-19(26)14-8-4-5-9-16(14)30-11-10-22-20(27)18(24-17)13-6-2-1-3-7-13/h1-9,15,18H,10-12H2,(H,22,27)(H,23,26)(H,24,25)(H,28,29)/t15-,18-/m0/s1. The molecule has 0 fully saturated rings. The minimum atomic E-state index is -1.48. The Morgan fingerprint density at radius 3 is 2.40 bits per heavy atom. The number of benzene rings is 2. The maximum absolute atomic E-state index is 12.7. The maximum Gasteiger partial charge on any atom is 0.326 e. The predicted molar refractivity (Wildman–Crippen MR) is 106 cm³/mol. The number of carbonyl (C=O) groups is 4. The molecular formula is C21H21N3O6. The monoisotopic (exact) mass is 411 g/mol. The lowest BCUT2D eigenvalue weighted by molar-refractivity contribution is -0.141. The summed E-state index contributed by atoms with van der Waals surface area (Å²) in [6, 6.07) is 12.4. The lowest BCUT2D eigenvalue weighted by Gasteiger charge is -2.22. The van der Waals surface area contributed by atoms with Crippen molar-refractivity contribution in [1.29, 1.82) is 0 Å². The number of ether oxygens (including phenoxy) is 1. The Labute approximate surface area is 172 Å². The Kier molecular flexibility index (Phi) is 6.63. The van der Waals surface area contributed by atoms with Gasteiger partial charge in [0.1, 0.15) is 24.4 Å². The number of carboxylic acids is 1. The number of hydrogen-bond acceptors (Lipinski definition) is 5. The number of carbonyl (C=O) groups excluding carboxylic acids is 3. The van der Waals surface area contributed by atoms with Gasteiger partial charge in [0.05, 0.1) is 18.5 Å². The van der Waals surface area contributed by atoms with Crippen LogP contribution in [0.15, 0.2) is 54.6 Å². The highest BCUT2D eigenvalue weighted by Gasteiger charge is 2.28. The molecule has 0 aliphatic carbocycles. The van der Waals surface area contributed by atoms with Crippen LogP contribution in [-0.2, 0) is 14.4 Å². The third-order valence-electron chi connectivity index (χ3n) is 4.48. The van der Waals surface area contributed by atoms with E-state index in [2.05, 4.69) is 16.0 Å². The summed E-state index contributed by atoms with van der Waals surface area (Å²) in [7, 11) is 0. The van der Waals surface area contributed by atoms with E-state index in [1.807, 2.05) is 0 Å². The number of rotatable bonds is 2. The summed E-state index contributed by atoms with van der Waals surface area (Å²) in [6.07, 6.45) is -0.541. The van der Waals surface area contributed by atoms with Crippen LogP contribution in [0.5, 0.6) is 5.75 Å². The molecule has 0 radical (unpaired) electrons. The van der Waals surface area contributed by atoms with Crippen LogP contribution in [0.25, 0.3) is 0 Å². The number of amides is 3. The Bertz CT molecular complexity index is 947. The fourth-order valence-corrected chi connectivity index (χ4v) is 3.00. The van der Waals surface area contributed by atoms with Crippen molar-refractivity contribution in [2.75, 3.05) is 13.2 Å².